The Balaban J connectivity index is 0.000000164. The number of aromatic nitrogens is 2. The fraction of sp³-hybridized carbons (Fsp3) is 0.308. The predicted octanol–water partition coefficient (Wildman–Crippen LogP) is 2.48. The molecule has 18 heavy (non-hydrogen) atoms. The Morgan fingerprint density at radius 2 is 2.00 bits per heavy atom. The summed E-state index contributed by atoms with van der Waals surface area (Å²) in [5.41, 5.74) is 2.85. The molecule has 0 N–H and O–H groups in total. The molecule has 2 aliphatic carbocycles. The van der Waals surface area contributed by atoms with E-state index in [4.69, 9.17) is 4.42 Å². The standard InChI is InChI=1S/C7H10N2O3.C6H4/c1-3-5-8-9-6(12-5)7(10)11-4-2;1-2-5-4-6(5)3-1/h3-4H2,1-2H3;1-4H. The van der Waals surface area contributed by atoms with E-state index in [9.17, 15) is 4.79 Å². The van der Waals surface area contributed by atoms with E-state index in [0.29, 0.717) is 18.9 Å². The van der Waals surface area contributed by atoms with Gasteiger partial charge in [0.05, 0.1) is 6.61 Å². The number of rotatable bonds is 3. The summed E-state index contributed by atoms with van der Waals surface area (Å²) in [5, 5.41) is 7.13. The lowest BCUT2D eigenvalue weighted by atomic mass is 10.5. The van der Waals surface area contributed by atoms with Gasteiger partial charge in [0, 0.05) is 6.42 Å². The second-order valence-corrected chi connectivity index (χ2v) is 3.66. The van der Waals surface area contributed by atoms with E-state index in [0.717, 1.165) is 0 Å². The number of aryl methyl sites for hydroxylation is 1. The SMILES string of the molecule is CCOC(=O)c1nnc(CC)o1.c1cc2cc-2c1. The van der Waals surface area contributed by atoms with E-state index in [1.54, 1.807) is 6.92 Å². The minimum atomic E-state index is -0.565. The average Bonchev–Trinajstić information content (AvgIpc) is 2.85. The smallest absolute Gasteiger partial charge is 0.396 e. The van der Waals surface area contributed by atoms with Crippen LogP contribution in [-0.2, 0) is 11.2 Å². The van der Waals surface area contributed by atoms with Crippen molar-refractivity contribution >= 4 is 5.97 Å². The van der Waals surface area contributed by atoms with Gasteiger partial charge in [-0.05, 0) is 24.1 Å². The lowest BCUT2D eigenvalue weighted by molar-refractivity contribution is 0.0479. The van der Waals surface area contributed by atoms with Crippen LogP contribution in [0.5, 0.6) is 0 Å². The molecule has 0 aliphatic heterocycles. The summed E-state index contributed by atoms with van der Waals surface area (Å²) in [7, 11) is 0. The predicted molar refractivity (Wildman–Crippen MR) is 65.1 cm³/mol. The number of hydrogen-bond acceptors (Lipinski definition) is 5. The minimum Gasteiger partial charge on any atom is -0.459 e. The number of hydrogen-bond donors (Lipinski definition) is 0. The maximum atomic E-state index is 11.0. The van der Waals surface area contributed by atoms with Gasteiger partial charge in [0.25, 0.3) is 0 Å². The summed E-state index contributed by atoms with van der Waals surface area (Å²) in [6.07, 6.45) is 0.617. The fourth-order valence-corrected chi connectivity index (χ4v) is 1.35. The quantitative estimate of drug-likeness (QED) is 0.664. The highest BCUT2D eigenvalue weighted by Crippen LogP contribution is 2.32. The molecule has 3 rings (SSSR count). The van der Waals surface area contributed by atoms with Crippen LogP contribution in [0.3, 0.4) is 0 Å². The topological polar surface area (TPSA) is 65.2 Å². The van der Waals surface area contributed by atoms with Crippen molar-refractivity contribution in [2.75, 3.05) is 6.61 Å². The fourth-order valence-electron chi connectivity index (χ4n) is 1.35. The molecule has 1 heterocycles. The minimum absolute atomic E-state index is 0.0753. The first-order chi connectivity index (χ1) is 8.74. The highest BCUT2D eigenvalue weighted by Gasteiger charge is 2.14. The Morgan fingerprint density at radius 1 is 1.28 bits per heavy atom. The van der Waals surface area contributed by atoms with Crippen LogP contribution in [0, 0.1) is 0 Å². The van der Waals surface area contributed by atoms with Gasteiger partial charge in [-0.3, -0.25) is 0 Å². The van der Waals surface area contributed by atoms with E-state index >= 15 is 0 Å². The van der Waals surface area contributed by atoms with Gasteiger partial charge in [0.1, 0.15) is 0 Å². The highest BCUT2D eigenvalue weighted by atomic mass is 16.5. The molecular formula is C13H14N2O3. The summed E-state index contributed by atoms with van der Waals surface area (Å²) < 4.78 is 9.60. The molecule has 0 saturated carbocycles. The van der Waals surface area contributed by atoms with Crippen LogP contribution in [0.25, 0.3) is 11.1 Å². The molecule has 0 bridgehead atoms. The summed E-state index contributed by atoms with van der Waals surface area (Å²) in [5.74, 6) is -0.198. The Kier molecular flexibility index (Phi) is 3.72. The van der Waals surface area contributed by atoms with Crippen LogP contribution in [0.2, 0.25) is 0 Å². The van der Waals surface area contributed by atoms with Gasteiger partial charge in [-0.15, -0.1) is 10.2 Å². The van der Waals surface area contributed by atoms with E-state index < -0.39 is 5.97 Å². The molecule has 0 atom stereocenters. The molecule has 0 saturated heterocycles. The van der Waals surface area contributed by atoms with Gasteiger partial charge in [0.2, 0.25) is 5.89 Å². The lowest BCUT2D eigenvalue weighted by Crippen LogP contribution is -2.04. The Hall–Kier alpha value is -2.17. The van der Waals surface area contributed by atoms with Crippen LogP contribution in [0.15, 0.2) is 28.7 Å². The molecule has 0 aromatic carbocycles. The molecule has 5 heteroatoms. The van der Waals surface area contributed by atoms with Crippen LogP contribution >= 0.6 is 0 Å². The van der Waals surface area contributed by atoms with Crippen molar-refractivity contribution in [3.63, 3.8) is 0 Å². The van der Waals surface area contributed by atoms with Gasteiger partial charge in [-0.1, -0.05) is 25.1 Å². The molecule has 5 nitrogen and oxygen atoms in total. The van der Waals surface area contributed by atoms with E-state index in [1.165, 1.54) is 11.1 Å². The summed E-state index contributed by atoms with van der Waals surface area (Å²) >= 11 is 0. The number of carbonyl (C=O) groups excluding carboxylic acids is 1. The normalized spacial score (nSPS) is 10.3. The van der Waals surface area contributed by atoms with E-state index in [1.807, 2.05) is 6.92 Å². The third-order valence-corrected chi connectivity index (χ3v) is 2.33. The van der Waals surface area contributed by atoms with Gasteiger partial charge in [0.15, 0.2) is 0 Å². The Morgan fingerprint density at radius 3 is 2.39 bits per heavy atom. The number of ether oxygens (including phenoxy) is 1. The lowest BCUT2D eigenvalue weighted by Gasteiger charge is -1.93. The van der Waals surface area contributed by atoms with Crippen LogP contribution < -0.4 is 0 Å². The number of benzene rings is 1. The molecule has 0 amide bonds. The van der Waals surface area contributed by atoms with E-state index in [2.05, 4.69) is 39.2 Å². The van der Waals surface area contributed by atoms with Crippen molar-refractivity contribution in [1.82, 2.24) is 10.2 Å². The van der Waals surface area contributed by atoms with Crippen LogP contribution in [-0.4, -0.2) is 22.8 Å². The zero-order valence-corrected chi connectivity index (χ0v) is 10.3. The second-order valence-electron chi connectivity index (χ2n) is 3.66. The molecule has 0 spiro atoms. The van der Waals surface area contributed by atoms with E-state index in [-0.39, 0.29) is 5.89 Å². The van der Waals surface area contributed by atoms with Gasteiger partial charge in [-0.25, -0.2) is 4.79 Å². The summed E-state index contributed by atoms with van der Waals surface area (Å²) in [6, 6.07) is 8.48. The molecule has 1 aromatic heterocycles. The molecule has 1 aromatic rings. The first-order valence-corrected chi connectivity index (χ1v) is 5.84. The monoisotopic (exact) mass is 246 g/mol. The maximum absolute atomic E-state index is 11.0. The van der Waals surface area contributed by atoms with Crippen molar-refractivity contribution < 1.29 is 13.9 Å². The molecular weight excluding hydrogens is 232 g/mol. The molecule has 0 fully saturated rings. The molecule has 94 valence electrons. The highest BCUT2D eigenvalue weighted by molar-refractivity contribution is 5.83. The number of esters is 1. The summed E-state index contributed by atoms with van der Waals surface area (Å²) in [6.45, 7) is 3.89. The van der Waals surface area contributed by atoms with Crippen molar-refractivity contribution in [3.8, 4) is 11.1 Å². The van der Waals surface area contributed by atoms with Crippen molar-refractivity contribution in [3.05, 3.63) is 36.0 Å². The molecule has 0 unspecified atom stereocenters. The first-order valence-electron chi connectivity index (χ1n) is 5.84. The van der Waals surface area contributed by atoms with Gasteiger partial charge in [-0.2, -0.15) is 0 Å². The first kappa shape index (κ1) is 12.3. The van der Waals surface area contributed by atoms with Crippen molar-refractivity contribution in [1.29, 1.82) is 0 Å². The van der Waals surface area contributed by atoms with Crippen molar-refractivity contribution in [2.45, 2.75) is 20.3 Å². The largest absolute Gasteiger partial charge is 0.459 e. The number of carbonyl (C=O) groups is 1. The number of nitrogens with zero attached hydrogens (tertiary/aromatic N) is 2. The zero-order chi connectivity index (χ0) is 13.0. The second kappa shape index (κ2) is 5.44. The zero-order valence-electron chi connectivity index (χ0n) is 10.3. The van der Waals surface area contributed by atoms with Crippen LogP contribution in [0.1, 0.15) is 30.4 Å². The average molecular weight is 246 g/mol. The summed E-state index contributed by atoms with van der Waals surface area (Å²) in [4.78, 5) is 11.0. The molecule has 2 aliphatic rings. The number of fused-ring (bicyclic) bond motifs is 1. The Labute approximate surface area is 105 Å². The maximum Gasteiger partial charge on any atom is 0.396 e. The van der Waals surface area contributed by atoms with Gasteiger partial charge >= 0.3 is 11.9 Å². The van der Waals surface area contributed by atoms with Crippen molar-refractivity contribution in [2.24, 2.45) is 0 Å². The van der Waals surface area contributed by atoms with Gasteiger partial charge < -0.3 is 9.15 Å². The van der Waals surface area contributed by atoms with Crippen LogP contribution in [0.4, 0.5) is 0 Å². The third-order valence-electron chi connectivity index (χ3n) is 2.33. The molecule has 0 radical (unpaired) electrons. The Bertz CT molecular complexity index is 531. The third kappa shape index (κ3) is 2.94.